The van der Waals surface area contributed by atoms with Crippen LogP contribution in [0.3, 0.4) is 0 Å². The van der Waals surface area contributed by atoms with Crippen molar-refractivity contribution in [2.75, 3.05) is 54.9 Å². The number of piperidine rings is 1. The van der Waals surface area contributed by atoms with Crippen LogP contribution in [0.2, 0.25) is 0 Å². The Kier molecular flexibility index (Phi) is 8.86. The standard InChI is InChI=1S/C34H35N9O4/c44-33(38-27-7-4-14-35-21-27)37-26-10-8-25(9-11-26)30-39-31(41-17-19-46-20-18-41)29-22-36-43(32(29)40-30)28-12-15-42(16-13-28)34(45)47-23-24-5-2-1-3-6-24/h1-11,14,21-22,28H,12-13,15-20,23H2,(H2,37,38,44). The minimum absolute atomic E-state index is 0.0656. The maximum atomic E-state index is 12.8. The maximum Gasteiger partial charge on any atom is 0.410 e. The maximum absolute atomic E-state index is 12.8. The summed E-state index contributed by atoms with van der Waals surface area (Å²) in [5, 5.41) is 11.3. The van der Waals surface area contributed by atoms with E-state index in [0.717, 1.165) is 53.9 Å². The summed E-state index contributed by atoms with van der Waals surface area (Å²) in [6.07, 6.45) is 6.23. The Morgan fingerprint density at radius 2 is 1.62 bits per heavy atom. The summed E-state index contributed by atoms with van der Waals surface area (Å²) in [4.78, 5) is 43.3. The number of urea groups is 1. The van der Waals surface area contributed by atoms with Crippen LogP contribution >= 0.6 is 0 Å². The van der Waals surface area contributed by atoms with Crippen molar-refractivity contribution in [3.05, 3.63) is 90.9 Å². The van der Waals surface area contributed by atoms with Gasteiger partial charge in [-0.05, 0) is 54.8 Å². The molecular weight excluding hydrogens is 598 g/mol. The quantitative estimate of drug-likeness (QED) is 0.243. The topological polar surface area (TPSA) is 140 Å². The zero-order valence-electron chi connectivity index (χ0n) is 25.8. The van der Waals surface area contributed by atoms with Crippen LogP contribution in [0.4, 0.5) is 26.8 Å². The molecule has 2 saturated heterocycles. The molecule has 0 radical (unpaired) electrons. The average Bonchev–Trinajstić information content (AvgIpc) is 3.56. The number of pyridine rings is 1. The van der Waals surface area contributed by atoms with Crippen molar-refractivity contribution in [3.8, 4) is 11.4 Å². The zero-order chi connectivity index (χ0) is 32.0. The Labute approximate surface area is 271 Å². The third kappa shape index (κ3) is 6.99. The van der Waals surface area contributed by atoms with E-state index in [9.17, 15) is 9.59 Å². The molecule has 0 bridgehead atoms. The van der Waals surface area contributed by atoms with Crippen molar-refractivity contribution >= 4 is 40.4 Å². The van der Waals surface area contributed by atoms with Crippen LogP contribution < -0.4 is 15.5 Å². The molecular formula is C34H35N9O4. The number of anilines is 3. The van der Waals surface area contributed by atoms with Gasteiger partial charge >= 0.3 is 12.1 Å². The number of nitrogens with one attached hydrogen (secondary N) is 2. The summed E-state index contributed by atoms with van der Waals surface area (Å²) >= 11 is 0. The fraction of sp³-hybridized carbons (Fsp3) is 0.294. The summed E-state index contributed by atoms with van der Waals surface area (Å²) in [6, 6.07) is 20.3. The molecule has 2 aliphatic rings. The summed E-state index contributed by atoms with van der Waals surface area (Å²) < 4.78 is 13.2. The first-order valence-electron chi connectivity index (χ1n) is 15.7. The van der Waals surface area contributed by atoms with Crippen LogP contribution in [0.1, 0.15) is 24.4 Å². The molecule has 0 saturated carbocycles. The first kappa shape index (κ1) is 30.1. The van der Waals surface area contributed by atoms with Gasteiger partial charge in [-0.1, -0.05) is 30.3 Å². The first-order valence-corrected chi connectivity index (χ1v) is 15.7. The van der Waals surface area contributed by atoms with E-state index in [-0.39, 0.29) is 24.8 Å². The van der Waals surface area contributed by atoms with Crippen molar-refractivity contribution in [3.63, 3.8) is 0 Å². The number of hydrogen-bond acceptors (Lipinski definition) is 9. The number of carbonyl (C=O) groups excluding carboxylic acids is 2. The molecule has 0 spiro atoms. The van der Waals surface area contributed by atoms with E-state index in [4.69, 9.17) is 24.5 Å². The van der Waals surface area contributed by atoms with E-state index < -0.39 is 0 Å². The minimum Gasteiger partial charge on any atom is -0.445 e. The van der Waals surface area contributed by atoms with Gasteiger partial charge in [0.1, 0.15) is 12.4 Å². The number of hydrogen-bond donors (Lipinski definition) is 2. The van der Waals surface area contributed by atoms with E-state index in [2.05, 4.69) is 20.5 Å². The Morgan fingerprint density at radius 3 is 2.36 bits per heavy atom. The average molecular weight is 634 g/mol. The zero-order valence-corrected chi connectivity index (χ0v) is 25.8. The van der Waals surface area contributed by atoms with Crippen LogP contribution in [-0.4, -0.2) is 81.1 Å². The molecule has 13 heteroatoms. The highest BCUT2D eigenvalue weighted by Gasteiger charge is 2.28. The number of nitrogens with zero attached hydrogens (tertiary/aromatic N) is 7. The lowest BCUT2D eigenvalue weighted by molar-refractivity contribution is 0.0824. The van der Waals surface area contributed by atoms with Crippen LogP contribution in [0, 0.1) is 0 Å². The van der Waals surface area contributed by atoms with Gasteiger partial charge in [-0.25, -0.2) is 24.2 Å². The number of likely N-dealkylation sites (tertiary alicyclic amines) is 1. The van der Waals surface area contributed by atoms with E-state index in [1.165, 1.54) is 0 Å². The lowest BCUT2D eigenvalue weighted by atomic mass is 10.1. The molecule has 0 atom stereocenters. The largest absolute Gasteiger partial charge is 0.445 e. The van der Waals surface area contributed by atoms with E-state index in [1.807, 2.05) is 65.5 Å². The highest BCUT2D eigenvalue weighted by Crippen LogP contribution is 2.32. The van der Waals surface area contributed by atoms with Crippen LogP contribution in [-0.2, 0) is 16.1 Å². The number of fused-ring (bicyclic) bond motifs is 1. The molecule has 3 amide bonds. The molecule has 2 fully saturated rings. The second-order valence-electron chi connectivity index (χ2n) is 11.5. The van der Waals surface area contributed by atoms with Crippen molar-refractivity contribution in [2.24, 2.45) is 0 Å². The van der Waals surface area contributed by atoms with Crippen molar-refractivity contribution in [1.82, 2.24) is 29.6 Å². The number of carbonyl (C=O) groups is 2. The second kappa shape index (κ2) is 13.8. The Morgan fingerprint density at radius 1 is 0.851 bits per heavy atom. The first-order chi connectivity index (χ1) is 23.1. The summed E-state index contributed by atoms with van der Waals surface area (Å²) in [5.41, 5.74) is 3.75. The molecule has 47 heavy (non-hydrogen) atoms. The van der Waals surface area contributed by atoms with Gasteiger partial charge in [0.15, 0.2) is 11.5 Å². The van der Waals surface area contributed by atoms with Crippen LogP contribution in [0.5, 0.6) is 0 Å². The lowest BCUT2D eigenvalue weighted by Gasteiger charge is -2.31. The number of amides is 3. The van der Waals surface area contributed by atoms with Gasteiger partial charge in [-0.2, -0.15) is 5.10 Å². The van der Waals surface area contributed by atoms with Crippen LogP contribution in [0.25, 0.3) is 22.4 Å². The van der Waals surface area contributed by atoms with Gasteiger partial charge in [0.05, 0.1) is 42.7 Å². The second-order valence-corrected chi connectivity index (χ2v) is 11.5. The van der Waals surface area contributed by atoms with E-state index >= 15 is 0 Å². The fourth-order valence-electron chi connectivity index (χ4n) is 5.86. The highest BCUT2D eigenvalue weighted by atomic mass is 16.6. The van der Waals surface area contributed by atoms with Gasteiger partial charge in [0.25, 0.3) is 0 Å². The SMILES string of the molecule is O=C(Nc1ccc(-c2nc(N3CCOCC3)c3cnn(C4CCN(C(=O)OCc5ccccc5)CC4)c3n2)cc1)Nc1cccnc1. The van der Waals surface area contributed by atoms with E-state index in [0.29, 0.717) is 43.5 Å². The highest BCUT2D eigenvalue weighted by molar-refractivity contribution is 5.99. The Bertz CT molecular complexity index is 1820. The molecule has 13 nitrogen and oxygen atoms in total. The number of benzene rings is 2. The normalized spacial score (nSPS) is 15.4. The third-order valence-corrected chi connectivity index (χ3v) is 8.34. The summed E-state index contributed by atoms with van der Waals surface area (Å²) in [5.74, 6) is 1.38. The molecule has 240 valence electrons. The van der Waals surface area contributed by atoms with Gasteiger partial charge < -0.3 is 29.9 Å². The van der Waals surface area contributed by atoms with E-state index in [1.54, 1.807) is 29.4 Å². The number of rotatable bonds is 7. The predicted octanol–water partition coefficient (Wildman–Crippen LogP) is 5.34. The number of morpholine rings is 1. The number of ether oxygens (including phenoxy) is 2. The number of aromatic nitrogens is 5. The summed E-state index contributed by atoms with van der Waals surface area (Å²) in [6.45, 7) is 4.06. The predicted molar refractivity (Wildman–Crippen MR) is 177 cm³/mol. The lowest BCUT2D eigenvalue weighted by Crippen LogP contribution is -2.39. The van der Waals surface area contributed by atoms with Crippen molar-refractivity contribution in [1.29, 1.82) is 0 Å². The molecule has 0 unspecified atom stereocenters. The molecule has 5 aromatic rings. The van der Waals surface area contributed by atoms with Crippen molar-refractivity contribution in [2.45, 2.75) is 25.5 Å². The van der Waals surface area contributed by atoms with Gasteiger partial charge in [0, 0.05) is 43.6 Å². The molecule has 3 aromatic heterocycles. The Balaban J connectivity index is 1.09. The third-order valence-electron chi connectivity index (χ3n) is 8.34. The van der Waals surface area contributed by atoms with Gasteiger partial charge in [0.2, 0.25) is 0 Å². The monoisotopic (exact) mass is 633 g/mol. The molecule has 2 aliphatic heterocycles. The minimum atomic E-state index is -0.363. The van der Waals surface area contributed by atoms with Crippen molar-refractivity contribution < 1.29 is 19.1 Å². The van der Waals surface area contributed by atoms with Gasteiger partial charge in [-0.3, -0.25) is 4.98 Å². The molecule has 0 aliphatic carbocycles. The van der Waals surface area contributed by atoms with Gasteiger partial charge in [-0.15, -0.1) is 0 Å². The molecule has 2 N–H and O–H groups in total. The smallest absolute Gasteiger partial charge is 0.410 e. The Hall–Kier alpha value is -5.56. The van der Waals surface area contributed by atoms with Crippen LogP contribution in [0.15, 0.2) is 85.3 Å². The molecule has 2 aromatic carbocycles. The fourth-order valence-corrected chi connectivity index (χ4v) is 5.86. The molecule has 7 rings (SSSR count). The summed E-state index contributed by atoms with van der Waals surface area (Å²) in [7, 11) is 0. The molecule has 5 heterocycles.